The van der Waals surface area contributed by atoms with Gasteiger partial charge in [0, 0.05) is 38.2 Å². The number of aromatic nitrogens is 2. The highest BCUT2D eigenvalue weighted by molar-refractivity contribution is 5.50. The van der Waals surface area contributed by atoms with E-state index in [-0.39, 0.29) is 0 Å². The van der Waals surface area contributed by atoms with Gasteiger partial charge in [-0.3, -0.25) is 0 Å². The molecule has 1 N–H and O–H groups in total. The highest BCUT2D eigenvalue weighted by Gasteiger charge is 2.29. The number of rotatable bonds is 5. The van der Waals surface area contributed by atoms with Crippen molar-refractivity contribution in [3.8, 4) is 0 Å². The van der Waals surface area contributed by atoms with E-state index in [1.165, 1.54) is 32.2 Å². The molecule has 1 aliphatic carbocycles. The fourth-order valence-corrected chi connectivity index (χ4v) is 3.07. The minimum atomic E-state index is 0.556. The molecule has 5 heteroatoms. The van der Waals surface area contributed by atoms with Crippen LogP contribution in [-0.2, 0) is 0 Å². The molecule has 1 aromatic rings. The summed E-state index contributed by atoms with van der Waals surface area (Å²) in [5, 5.41) is 3.35. The van der Waals surface area contributed by atoms with Crippen molar-refractivity contribution in [2.75, 3.05) is 43.9 Å². The van der Waals surface area contributed by atoms with E-state index in [9.17, 15) is 0 Å². The van der Waals surface area contributed by atoms with Crippen molar-refractivity contribution < 1.29 is 0 Å². The maximum atomic E-state index is 4.83. The molecule has 1 atom stereocenters. The molecule has 2 aliphatic rings. The molecule has 1 aromatic heterocycles. The van der Waals surface area contributed by atoms with Crippen molar-refractivity contribution in [2.24, 2.45) is 0 Å². The fourth-order valence-electron chi connectivity index (χ4n) is 3.07. The zero-order valence-electron chi connectivity index (χ0n) is 13.5. The number of hydrogen-bond acceptors (Lipinski definition) is 5. The van der Waals surface area contributed by atoms with E-state index in [1.54, 1.807) is 0 Å². The van der Waals surface area contributed by atoms with Crippen LogP contribution in [0.25, 0.3) is 0 Å². The number of anilines is 2. The van der Waals surface area contributed by atoms with E-state index >= 15 is 0 Å². The summed E-state index contributed by atoms with van der Waals surface area (Å²) >= 11 is 0. The van der Waals surface area contributed by atoms with Crippen LogP contribution < -0.4 is 10.2 Å². The normalized spacial score (nSPS) is 23.1. The maximum absolute atomic E-state index is 4.83. The monoisotopic (exact) mass is 289 g/mol. The summed E-state index contributed by atoms with van der Waals surface area (Å²) in [4.78, 5) is 14.3. The average Bonchev–Trinajstić information content (AvgIpc) is 3.31. The van der Waals surface area contributed by atoms with E-state index in [0.717, 1.165) is 30.5 Å². The number of likely N-dealkylation sites (tertiary alicyclic amines) is 1. The van der Waals surface area contributed by atoms with E-state index in [1.807, 2.05) is 0 Å². The van der Waals surface area contributed by atoms with Gasteiger partial charge in [-0.15, -0.1) is 0 Å². The minimum absolute atomic E-state index is 0.556. The zero-order chi connectivity index (χ0) is 14.8. The fraction of sp³-hybridized carbons (Fsp3) is 0.750. The average molecular weight is 289 g/mol. The molecule has 1 unspecified atom stereocenters. The Hall–Kier alpha value is -1.36. The summed E-state index contributed by atoms with van der Waals surface area (Å²) in [6, 6.07) is 2.66. The summed E-state index contributed by atoms with van der Waals surface area (Å²) in [7, 11) is 4.39. The molecular weight excluding hydrogens is 262 g/mol. The Kier molecular flexibility index (Phi) is 4.29. The maximum Gasteiger partial charge on any atom is 0.136 e. The van der Waals surface area contributed by atoms with Gasteiger partial charge in [-0.05, 0) is 46.2 Å². The Morgan fingerprint density at radius 3 is 2.81 bits per heavy atom. The molecule has 1 aliphatic heterocycles. The highest BCUT2D eigenvalue weighted by Crippen LogP contribution is 2.39. The van der Waals surface area contributed by atoms with Crippen LogP contribution in [0.1, 0.15) is 44.3 Å². The SMILES string of the molecule is CCNc1cc(N(C)C2CCCN(C)C2)nc(C2CC2)n1. The molecule has 0 spiro atoms. The van der Waals surface area contributed by atoms with Crippen LogP contribution in [0, 0.1) is 0 Å². The van der Waals surface area contributed by atoms with Gasteiger partial charge in [-0.2, -0.15) is 0 Å². The molecule has 1 saturated carbocycles. The Balaban J connectivity index is 1.81. The van der Waals surface area contributed by atoms with Gasteiger partial charge in [0.25, 0.3) is 0 Å². The van der Waals surface area contributed by atoms with Gasteiger partial charge in [0.05, 0.1) is 0 Å². The lowest BCUT2D eigenvalue weighted by Crippen LogP contribution is -2.45. The van der Waals surface area contributed by atoms with Crippen LogP contribution >= 0.6 is 0 Å². The quantitative estimate of drug-likeness (QED) is 0.901. The van der Waals surface area contributed by atoms with Crippen LogP contribution in [0.15, 0.2) is 6.07 Å². The van der Waals surface area contributed by atoms with Crippen molar-refractivity contribution in [2.45, 2.75) is 44.6 Å². The molecule has 0 amide bonds. The molecule has 0 bridgehead atoms. The smallest absolute Gasteiger partial charge is 0.136 e. The Morgan fingerprint density at radius 1 is 1.33 bits per heavy atom. The van der Waals surface area contributed by atoms with Crippen molar-refractivity contribution in [1.82, 2.24) is 14.9 Å². The van der Waals surface area contributed by atoms with Crippen LogP contribution in [0.2, 0.25) is 0 Å². The predicted octanol–water partition coefficient (Wildman–Crippen LogP) is 2.32. The van der Waals surface area contributed by atoms with Crippen LogP contribution in [-0.4, -0.2) is 54.6 Å². The van der Waals surface area contributed by atoms with Gasteiger partial charge >= 0.3 is 0 Å². The summed E-state index contributed by atoms with van der Waals surface area (Å²) in [6.07, 6.45) is 5.00. The van der Waals surface area contributed by atoms with Gasteiger partial charge < -0.3 is 15.1 Å². The Bertz CT molecular complexity index is 486. The first-order valence-corrected chi connectivity index (χ1v) is 8.21. The highest BCUT2D eigenvalue weighted by atomic mass is 15.3. The molecule has 21 heavy (non-hydrogen) atoms. The van der Waals surface area contributed by atoms with Crippen LogP contribution in [0.5, 0.6) is 0 Å². The molecule has 2 heterocycles. The second kappa shape index (κ2) is 6.18. The second-order valence-electron chi connectivity index (χ2n) is 6.44. The van der Waals surface area contributed by atoms with Crippen molar-refractivity contribution in [1.29, 1.82) is 0 Å². The lowest BCUT2D eigenvalue weighted by molar-refractivity contribution is 0.247. The number of hydrogen-bond donors (Lipinski definition) is 1. The van der Waals surface area contributed by atoms with Crippen molar-refractivity contribution in [3.05, 3.63) is 11.9 Å². The first-order chi connectivity index (χ1) is 10.2. The first kappa shape index (κ1) is 14.6. The third-order valence-corrected chi connectivity index (χ3v) is 4.54. The third-order valence-electron chi connectivity index (χ3n) is 4.54. The van der Waals surface area contributed by atoms with Gasteiger partial charge in [0.1, 0.15) is 17.5 Å². The molecule has 1 saturated heterocycles. The molecular formula is C16H27N5. The summed E-state index contributed by atoms with van der Waals surface area (Å²) in [6.45, 7) is 5.34. The topological polar surface area (TPSA) is 44.3 Å². The number of piperidine rings is 1. The standard InChI is InChI=1S/C16H27N5/c1-4-17-14-10-15(19-16(18-14)12-7-8-12)21(3)13-6-5-9-20(2)11-13/h10,12-13H,4-9,11H2,1-3H3,(H,17,18,19). The first-order valence-electron chi connectivity index (χ1n) is 8.21. The van der Waals surface area contributed by atoms with Gasteiger partial charge in [0.2, 0.25) is 0 Å². The molecule has 5 nitrogen and oxygen atoms in total. The minimum Gasteiger partial charge on any atom is -0.370 e. The summed E-state index contributed by atoms with van der Waals surface area (Å²) in [5.41, 5.74) is 0. The Labute approximate surface area is 127 Å². The van der Waals surface area contributed by atoms with Crippen LogP contribution in [0.3, 0.4) is 0 Å². The van der Waals surface area contributed by atoms with E-state index in [2.05, 4.69) is 47.2 Å². The van der Waals surface area contributed by atoms with Gasteiger partial charge in [-0.25, -0.2) is 9.97 Å². The van der Waals surface area contributed by atoms with Crippen molar-refractivity contribution >= 4 is 11.6 Å². The largest absolute Gasteiger partial charge is 0.370 e. The van der Waals surface area contributed by atoms with Crippen LogP contribution in [0.4, 0.5) is 11.6 Å². The second-order valence-corrected chi connectivity index (χ2v) is 6.44. The third kappa shape index (κ3) is 3.46. The summed E-state index contributed by atoms with van der Waals surface area (Å²) in [5.74, 6) is 3.66. The van der Waals surface area contributed by atoms with Gasteiger partial charge in [0.15, 0.2) is 0 Å². The number of nitrogens with one attached hydrogen (secondary N) is 1. The lowest BCUT2D eigenvalue weighted by Gasteiger charge is -2.36. The molecule has 116 valence electrons. The molecule has 2 fully saturated rings. The number of nitrogens with zero attached hydrogens (tertiary/aromatic N) is 4. The van der Waals surface area contributed by atoms with E-state index < -0.39 is 0 Å². The predicted molar refractivity (Wildman–Crippen MR) is 87.1 cm³/mol. The lowest BCUT2D eigenvalue weighted by atomic mass is 10.1. The number of likely N-dealkylation sites (N-methyl/N-ethyl adjacent to an activating group) is 2. The summed E-state index contributed by atoms with van der Waals surface area (Å²) < 4.78 is 0. The molecule has 0 radical (unpaired) electrons. The van der Waals surface area contributed by atoms with Gasteiger partial charge in [-0.1, -0.05) is 0 Å². The van der Waals surface area contributed by atoms with E-state index in [0.29, 0.717) is 12.0 Å². The molecule has 3 rings (SSSR count). The molecule has 0 aromatic carbocycles. The Morgan fingerprint density at radius 2 is 2.14 bits per heavy atom. The van der Waals surface area contributed by atoms with Crippen molar-refractivity contribution in [3.63, 3.8) is 0 Å². The zero-order valence-corrected chi connectivity index (χ0v) is 13.5. The van der Waals surface area contributed by atoms with E-state index in [4.69, 9.17) is 4.98 Å².